The molecular formula is C16H14ClNO. The highest BCUT2D eigenvalue weighted by molar-refractivity contribution is 6.31. The number of hydrogen-bond acceptors (Lipinski definition) is 1. The number of carbonyl (C=O) groups is 1. The maximum absolute atomic E-state index is 12.2. The van der Waals surface area contributed by atoms with Crippen molar-refractivity contribution < 1.29 is 4.79 Å². The number of amides is 1. The van der Waals surface area contributed by atoms with Crippen LogP contribution in [0.3, 0.4) is 0 Å². The first kappa shape index (κ1) is 12.2. The fourth-order valence-corrected chi connectivity index (χ4v) is 2.69. The quantitative estimate of drug-likeness (QED) is 0.833. The molecule has 1 N–H and O–H groups in total. The van der Waals surface area contributed by atoms with Crippen LogP contribution in [0.25, 0.3) is 0 Å². The monoisotopic (exact) mass is 271 g/mol. The first-order valence-corrected chi connectivity index (χ1v) is 6.61. The van der Waals surface area contributed by atoms with Crippen molar-refractivity contribution in [1.29, 1.82) is 0 Å². The first-order valence-electron chi connectivity index (χ1n) is 6.24. The van der Waals surface area contributed by atoms with Gasteiger partial charge in [0.05, 0.1) is 5.92 Å². The van der Waals surface area contributed by atoms with Gasteiger partial charge in [-0.15, -0.1) is 0 Å². The van der Waals surface area contributed by atoms with Gasteiger partial charge < -0.3 is 5.32 Å². The Morgan fingerprint density at radius 1 is 1.05 bits per heavy atom. The van der Waals surface area contributed by atoms with E-state index >= 15 is 0 Å². The van der Waals surface area contributed by atoms with Gasteiger partial charge in [-0.05, 0) is 54.3 Å². The van der Waals surface area contributed by atoms with E-state index in [0.29, 0.717) is 5.02 Å². The molecule has 2 nitrogen and oxygen atoms in total. The Morgan fingerprint density at radius 3 is 2.58 bits per heavy atom. The number of benzene rings is 2. The molecule has 19 heavy (non-hydrogen) atoms. The molecule has 1 unspecified atom stereocenters. The molecule has 0 spiro atoms. The van der Waals surface area contributed by atoms with Crippen LogP contribution < -0.4 is 5.32 Å². The normalized spacial score (nSPS) is 17.2. The molecule has 1 atom stereocenters. The van der Waals surface area contributed by atoms with Crippen LogP contribution in [0.4, 0.5) is 5.69 Å². The minimum absolute atomic E-state index is 0.0144. The minimum Gasteiger partial charge on any atom is -0.325 e. The summed E-state index contributed by atoms with van der Waals surface area (Å²) in [4.78, 5) is 12.2. The lowest BCUT2D eigenvalue weighted by molar-refractivity contribution is -0.116. The molecular weight excluding hydrogens is 258 g/mol. The maximum atomic E-state index is 12.2. The number of hydrogen-bond donors (Lipinski definition) is 1. The van der Waals surface area contributed by atoms with E-state index in [0.717, 1.165) is 16.8 Å². The number of anilines is 1. The molecule has 1 aliphatic heterocycles. The Labute approximate surface area is 117 Å². The largest absolute Gasteiger partial charge is 0.325 e. The molecule has 0 bridgehead atoms. The lowest BCUT2D eigenvalue weighted by atomic mass is 9.90. The highest BCUT2D eigenvalue weighted by atomic mass is 35.5. The van der Waals surface area contributed by atoms with E-state index in [1.807, 2.05) is 18.2 Å². The van der Waals surface area contributed by atoms with E-state index in [-0.39, 0.29) is 11.8 Å². The predicted molar refractivity (Wildman–Crippen MR) is 77.8 cm³/mol. The fraction of sp³-hybridized carbons (Fsp3) is 0.188. The lowest BCUT2D eigenvalue weighted by Gasteiger charge is -2.11. The molecule has 96 valence electrons. The topological polar surface area (TPSA) is 29.1 Å². The van der Waals surface area contributed by atoms with Crippen LogP contribution in [0, 0.1) is 13.8 Å². The van der Waals surface area contributed by atoms with Crippen molar-refractivity contribution in [3.8, 4) is 0 Å². The number of rotatable bonds is 1. The maximum Gasteiger partial charge on any atom is 0.236 e. The van der Waals surface area contributed by atoms with Gasteiger partial charge in [0.2, 0.25) is 5.91 Å². The molecule has 0 aromatic heterocycles. The van der Waals surface area contributed by atoms with Gasteiger partial charge in [0.25, 0.3) is 0 Å². The van der Waals surface area contributed by atoms with Crippen molar-refractivity contribution in [1.82, 2.24) is 0 Å². The van der Waals surface area contributed by atoms with Crippen LogP contribution in [0.2, 0.25) is 5.02 Å². The zero-order valence-electron chi connectivity index (χ0n) is 10.8. The van der Waals surface area contributed by atoms with E-state index < -0.39 is 0 Å². The average molecular weight is 272 g/mol. The van der Waals surface area contributed by atoms with E-state index in [1.165, 1.54) is 11.1 Å². The van der Waals surface area contributed by atoms with Crippen molar-refractivity contribution in [3.63, 3.8) is 0 Å². The number of fused-ring (bicyclic) bond motifs is 1. The van der Waals surface area contributed by atoms with Gasteiger partial charge in [-0.2, -0.15) is 0 Å². The summed E-state index contributed by atoms with van der Waals surface area (Å²) in [6.07, 6.45) is 0. The standard InChI is InChI=1S/C16H14ClNO/c1-9-3-4-11(7-10(9)2)15-13-8-12(17)5-6-14(13)18-16(15)19/h3-8,15H,1-2H3,(H,18,19). The van der Waals surface area contributed by atoms with Crippen LogP contribution in [0.5, 0.6) is 0 Å². The van der Waals surface area contributed by atoms with Crippen LogP contribution >= 0.6 is 11.6 Å². The molecule has 0 aliphatic carbocycles. The second-order valence-electron chi connectivity index (χ2n) is 5.00. The van der Waals surface area contributed by atoms with Gasteiger partial charge in [0.15, 0.2) is 0 Å². The van der Waals surface area contributed by atoms with E-state index in [4.69, 9.17) is 11.6 Å². The Hall–Kier alpha value is -1.80. The molecule has 0 saturated carbocycles. The Kier molecular flexibility index (Phi) is 2.83. The fourth-order valence-electron chi connectivity index (χ4n) is 2.51. The number of aryl methyl sites for hydroxylation is 2. The number of halogens is 1. The smallest absolute Gasteiger partial charge is 0.236 e. The third-order valence-electron chi connectivity index (χ3n) is 3.71. The molecule has 1 amide bonds. The van der Waals surface area contributed by atoms with Crippen LogP contribution in [0.15, 0.2) is 36.4 Å². The first-order chi connectivity index (χ1) is 9.06. The Balaban J connectivity index is 2.13. The summed E-state index contributed by atoms with van der Waals surface area (Å²) in [7, 11) is 0. The molecule has 3 rings (SSSR count). The summed E-state index contributed by atoms with van der Waals surface area (Å²) in [5.41, 5.74) is 5.26. The number of nitrogens with one attached hydrogen (secondary N) is 1. The Bertz CT molecular complexity index is 678. The third kappa shape index (κ3) is 2.02. The van der Waals surface area contributed by atoms with Crippen molar-refractivity contribution in [3.05, 3.63) is 63.7 Å². The molecule has 2 aromatic rings. The molecule has 0 saturated heterocycles. The molecule has 2 aromatic carbocycles. The van der Waals surface area contributed by atoms with Crippen molar-refractivity contribution in [2.45, 2.75) is 19.8 Å². The second kappa shape index (κ2) is 4.39. The molecule has 1 aliphatic rings. The van der Waals surface area contributed by atoms with Crippen molar-refractivity contribution >= 4 is 23.2 Å². The average Bonchev–Trinajstić information content (AvgIpc) is 2.68. The van der Waals surface area contributed by atoms with Gasteiger partial charge >= 0.3 is 0 Å². The summed E-state index contributed by atoms with van der Waals surface area (Å²) in [5.74, 6) is -0.242. The van der Waals surface area contributed by atoms with Gasteiger partial charge in [-0.1, -0.05) is 29.8 Å². The van der Waals surface area contributed by atoms with Crippen LogP contribution in [-0.2, 0) is 4.79 Å². The third-order valence-corrected chi connectivity index (χ3v) is 3.94. The van der Waals surface area contributed by atoms with Crippen LogP contribution in [-0.4, -0.2) is 5.91 Å². The van der Waals surface area contributed by atoms with E-state index in [2.05, 4.69) is 31.3 Å². The predicted octanol–water partition coefficient (Wildman–Crippen LogP) is 4.04. The highest BCUT2D eigenvalue weighted by Gasteiger charge is 2.32. The van der Waals surface area contributed by atoms with Crippen LogP contribution in [0.1, 0.15) is 28.2 Å². The zero-order chi connectivity index (χ0) is 13.6. The summed E-state index contributed by atoms with van der Waals surface area (Å²) < 4.78 is 0. The summed E-state index contributed by atoms with van der Waals surface area (Å²) in [5, 5.41) is 3.57. The highest BCUT2D eigenvalue weighted by Crippen LogP contribution is 2.38. The van der Waals surface area contributed by atoms with Gasteiger partial charge in [-0.3, -0.25) is 4.79 Å². The lowest BCUT2D eigenvalue weighted by Crippen LogP contribution is -2.13. The zero-order valence-corrected chi connectivity index (χ0v) is 11.6. The summed E-state index contributed by atoms with van der Waals surface area (Å²) in [6.45, 7) is 4.13. The van der Waals surface area contributed by atoms with Gasteiger partial charge in [-0.25, -0.2) is 0 Å². The molecule has 0 fully saturated rings. The minimum atomic E-state index is -0.256. The Morgan fingerprint density at radius 2 is 1.84 bits per heavy atom. The van der Waals surface area contributed by atoms with Gasteiger partial charge in [0.1, 0.15) is 0 Å². The van der Waals surface area contributed by atoms with Crippen molar-refractivity contribution in [2.75, 3.05) is 5.32 Å². The van der Waals surface area contributed by atoms with E-state index in [9.17, 15) is 4.79 Å². The van der Waals surface area contributed by atoms with Crippen molar-refractivity contribution in [2.24, 2.45) is 0 Å². The van der Waals surface area contributed by atoms with Gasteiger partial charge in [0, 0.05) is 10.7 Å². The molecule has 3 heteroatoms. The SMILES string of the molecule is Cc1ccc(C2C(=O)Nc3ccc(Cl)cc32)cc1C. The molecule has 0 radical (unpaired) electrons. The summed E-state index contributed by atoms with van der Waals surface area (Å²) >= 11 is 6.04. The second-order valence-corrected chi connectivity index (χ2v) is 5.43. The molecule has 1 heterocycles. The number of carbonyl (C=O) groups excluding carboxylic acids is 1. The summed E-state index contributed by atoms with van der Waals surface area (Å²) in [6, 6.07) is 11.7. The van der Waals surface area contributed by atoms with E-state index in [1.54, 1.807) is 6.07 Å².